The summed E-state index contributed by atoms with van der Waals surface area (Å²) in [4.78, 5) is 26.6. The smallest absolute Gasteiger partial charge is 0.275 e. The maximum Gasteiger partial charge on any atom is 0.275 e. The standard InChI is InChI=1S/C23H19N3O4S/c27-21(24-15-8-9-18-19(13-15)30-11-4-10-29-18)14-26-23(28)17-6-2-1-5-16(17)22(25-26)20-7-3-12-31-20/h1-3,5-9,12-13H,4,10-11,14H2,(H,24,27). The van der Waals surface area contributed by atoms with E-state index < -0.39 is 0 Å². The second kappa shape index (κ2) is 8.23. The van der Waals surface area contributed by atoms with Crippen LogP contribution in [0.25, 0.3) is 21.3 Å². The van der Waals surface area contributed by atoms with E-state index in [4.69, 9.17) is 9.47 Å². The Bertz CT molecular complexity index is 1310. The van der Waals surface area contributed by atoms with Crippen LogP contribution < -0.4 is 20.3 Å². The number of nitrogens with one attached hydrogen (secondary N) is 1. The molecule has 0 spiro atoms. The molecule has 1 aliphatic heterocycles. The predicted molar refractivity (Wildman–Crippen MR) is 120 cm³/mol. The number of thiophene rings is 1. The molecule has 2 aromatic carbocycles. The van der Waals surface area contributed by atoms with Gasteiger partial charge in [-0.3, -0.25) is 9.59 Å². The average molecular weight is 433 g/mol. The summed E-state index contributed by atoms with van der Waals surface area (Å²) < 4.78 is 12.5. The van der Waals surface area contributed by atoms with Crippen molar-refractivity contribution in [2.24, 2.45) is 0 Å². The second-order valence-electron chi connectivity index (χ2n) is 7.09. The zero-order chi connectivity index (χ0) is 21.2. The maximum absolute atomic E-state index is 13.0. The van der Waals surface area contributed by atoms with Crippen molar-refractivity contribution in [2.45, 2.75) is 13.0 Å². The molecular formula is C23H19N3O4S. The lowest BCUT2D eigenvalue weighted by molar-refractivity contribution is -0.117. The van der Waals surface area contributed by atoms with E-state index in [-0.39, 0.29) is 18.0 Å². The van der Waals surface area contributed by atoms with Crippen molar-refractivity contribution >= 4 is 33.7 Å². The van der Waals surface area contributed by atoms with Crippen molar-refractivity contribution in [1.29, 1.82) is 0 Å². The van der Waals surface area contributed by atoms with Gasteiger partial charge in [0.1, 0.15) is 12.2 Å². The molecule has 4 aromatic rings. The first-order chi connectivity index (χ1) is 15.2. The summed E-state index contributed by atoms with van der Waals surface area (Å²) in [6.45, 7) is 0.963. The molecule has 8 heteroatoms. The number of anilines is 1. The third kappa shape index (κ3) is 3.89. The van der Waals surface area contributed by atoms with Crippen LogP contribution in [0.5, 0.6) is 11.5 Å². The van der Waals surface area contributed by atoms with E-state index in [1.807, 2.05) is 35.7 Å². The normalized spacial score (nSPS) is 13.0. The van der Waals surface area contributed by atoms with Crippen molar-refractivity contribution in [3.05, 3.63) is 70.3 Å². The molecule has 1 N–H and O–H groups in total. The molecule has 0 atom stereocenters. The Morgan fingerprint density at radius 1 is 1.03 bits per heavy atom. The quantitative estimate of drug-likeness (QED) is 0.527. The number of hydrogen-bond donors (Lipinski definition) is 1. The Kier molecular flexibility index (Phi) is 5.13. The lowest BCUT2D eigenvalue weighted by atomic mass is 10.1. The highest BCUT2D eigenvalue weighted by atomic mass is 32.1. The number of nitrogens with zero attached hydrogens (tertiary/aromatic N) is 2. The minimum absolute atomic E-state index is 0.198. The lowest BCUT2D eigenvalue weighted by Gasteiger charge is -2.12. The van der Waals surface area contributed by atoms with Gasteiger partial charge < -0.3 is 14.8 Å². The molecule has 0 fully saturated rings. The van der Waals surface area contributed by atoms with E-state index >= 15 is 0 Å². The zero-order valence-electron chi connectivity index (χ0n) is 16.5. The van der Waals surface area contributed by atoms with Crippen LogP contribution in [0, 0.1) is 0 Å². The van der Waals surface area contributed by atoms with Gasteiger partial charge in [0.25, 0.3) is 5.56 Å². The summed E-state index contributed by atoms with van der Waals surface area (Å²) in [5.41, 5.74) is 0.958. The van der Waals surface area contributed by atoms with Gasteiger partial charge in [0.15, 0.2) is 11.5 Å². The Balaban J connectivity index is 1.44. The predicted octanol–water partition coefficient (Wildman–Crippen LogP) is 3.93. The topological polar surface area (TPSA) is 82.5 Å². The zero-order valence-corrected chi connectivity index (χ0v) is 17.4. The van der Waals surface area contributed by atoms with Crippen LogP contribution in [0.4, 0.5) is 5.69 Å². The highest BCUT2D eigenvalue weighted by Crippen LogP contribution is 2.32. The van der Waals surface area contributed by atoms with Crippen molar-refractivity contribution in [1.82, 2.24) is 9.78 Å². The summed E-state index contributed by atoms with van der Waals surface area (Å²) in [6, 6.07) is 16.5. The summed E-state index contributed by atoms with van der Waals surface area (Å²) in [5, 5.41) is 10.6. The number of amides is 1. The van der Waals surface area contributed by atoms with Crippen molar-refractivity contribution < 1.29 is 14.3 Å². The van der Waals surface area contributed by atoms with Crippen LogP contribution in [0.2, 0.25) is 0 Å². The average Bonchev–Trinajstić information content (AvgIpc) is 3.21. The molecule has 0 bridgehead atoms. The van der Waals surface area contributed by atoms with E-state index in [0.29, 0.717) is 41.5 Å². The third-order valence-corrected chi connectivity index (χ3v) is 5.82. The summed E-state index contributed by atoms with van der Waals surface area (Å²) in [7, 11) is 0. The minimum atomic E-state index is -0.350. The van der Waals surface area contributed by atoms with Gasteiger partial charge in [-0.1, -0.05) is 24.3 Å². The van der Waals surface area contributed by atoms with Gasteiger partial charge in [0.2, 0.25) is 5.91 Å². The molecule has 0 saturated heterocycles. The highest BCUT2D eigenvalue weighted by molar-refractivity contribution is 7.13. The molecule has 156 valence electrons. The first-order valence-electron chi connectivity index (χ1n) is 9.92. The Labute approximate surface area is 181 Å². The van der Waals surface area contributed by atoms with Crippen LogP contribution in [0.1, 0.15) is 6.42 Å². The van der Waals surface area contributed by atoms with Crippen LogP contribution in [0.15, 0.2) is 64.8 Å². The largest absolute Gasteiger partial charge is 0.490 e. The van der Waals surface area contributed by atoms with Gasteiger partial charge in [0.05, 0.1) is 23.5 Å². The fourth-order valence-corrected chi connectivity index (χ4v) is 4.24. The number of benzene rings is 2. The Hall–Kier alpha value is -3.65. The van der Waals surface area contributed by atoms with Crippen molar-refractivity contribution in [2.75, 3.05) is 18.5 Å². The van der Waals surface area contributed by atoms with Crippen LogP contribution in [-0.4, -0.2) is 28.9 Å². The number of hydrogen-bond acceptors (Lipinski definition) is 6. The van der Waals surface area contributed by atoms with Gasteiger partial charge in [-0.05, 0) is 29.6 Å². The first kappa shape index (κ1) is 19.3. The summed E-state index contributed by atoms with van der Waals surface area (Å²) in [5.74, 6) is 0.899. The molecular weight excluding hydrogens is 414 g/mol. The number of carbonyl (C=O) groups excluding carboxylic acids is 1. The van der Waals surface area contributed by atoms with Crippen LogP contribution >= 0.6 is 11.3 Å². The molecule has 0 saturated carbocycles. The van der Waals surface area contributed by atoms with Gasteiger partial charge >= 0.3 is 0 Å². The molecule has 5 rings (SSSR count). The molecule has 1 amide bonds. The molecule has 2 aromatic heterocycles. The molecule has 0 unspecified atom stereocenters. The van der Waals surface area contributed by atoms with Gasteiger partial charge in [-0.25, -0.2) is 4.68 Å². The van der Waals surface area contributed by atoms with E-state index in [9.17, 15) is 9.59 Å². The molecule has 1 aliphatic rings. The summed E-state index contributed by atoms with van der Waals surface area (Å²) in [6.07, 6.45) is 0.805. The third-order valence-electron chi connectivity index (χ3n) is 4.95. The maximum atomic E-state index is 13.0. The van der Waals surface area contributed by atoms with E-state index in [1.165, 1.54) is 16.0 Å². The van der Waals surface area contributed by atoms with Crippen LogP contribution in [-0.2, 0) is 11.3 Å². The van der Waals surface area contributed by atoms with Gasteiger partial charge in [-0.15, -0.1) is 11.3 Å². The number of carbonyl (C=O) groups is 1. The molecule has 0 aliphatic carbocycles. The molecule has 31 heavy (non-hydrogen) atoms. The van der Waals surface area contributed by atoms with Crippen molar-refractivity contribution in [3.8, 4) is 22.1 Å². The fourth-order valence-electron chi connectivity index (χ4n) is 3.52. The minimum Gasteiger partial charge on any atom is -0.490 e. The lowest BCUT2D eigenvalue weighted by Crippen LogP contribution is -2.30. The number of aromatic nitrogens is 2. The fraction of sp³-hybridized carbons (Fsp3) is 0.174. The number of rotatable bonds is 4. The van der Waals surface area contributed by atoms with Gasteiger partial charge in [0, 0.05) is 23.6 Å². The molecule has 7 nitrogen and oxygen atoms in total. The first-order valence-corrected chi connectivity index (χ1v) is 10.8. The second-order valence-corrected chi connectivity index (χ2v) is 8.04. The van der Waals surface area contributed by atoms with Crippen LogP contribution in [0.3, 0.4) is 0 Å². The number of fused-ring (bicyclic) bond motifs is 2. The molecule has 3 heterocycles. The summed E-state index contributed by atoms with van der Waals surface area (Å²) >= 11 is 1.54. The monoisotopic (exact) mass is 433 g/mol. The Morgan fingerprint density at radius 3 is 2.65 bits per heavy atom. The van der Waals surface area contributed by atoms with Gasteiger partial charge in [-0.2, -0.15) is 5.10 Å². The Morgan fingerprint density at radius 2 is 1.84 bits per heavy atom. The van der Waals surface area contributed by atoms with Crippen molar-refractivity contribution in [3.63, 3.8) is 0 Å². The number of ether oxygens (including phenoxy) is 2. The highest BCUT2D eigenvalue weighted by Gasteiger charge is 2.16. The SMILES string of the molecule is O=C(Cn1nc(-c2cccs2)c2ccccc2c1=O)Nc1ccc2c(c1)OCCCO2. The van der Waals surface area contributed by atoms with E-state index in [0.717, 1.165) is 16.7 Å². The van der Waals surface area contributed by atoms with E-state index in [1.54, 1.807) is 24.3 Å². The molecule has 0 radical (unpaired) electrons. The van der Waals surface area contributed by atoms with E-state index in [2.05, 4.69) is 10.4 Å².